The molecule has 0 radical (unpaired) electrons. The van der Waals surface area contributed by atoms with Crippen LogP contribution in [0.4, 0.5) is 0 Å². The van der Waals surface area contributed by atoms with Crippen molar-refractivity contribution in [2.75, 3.05) is 0 Å². The van der Waals surface area contributed by atoms with Gasteiger partial charge in [0.25, 0.3) is 5.82 Å². The molecule has 4 aliphatic carbocycles. The van der Waals surface area contributed by atoms with Gasteiger partial charge in [-0.1, -0.05) is 0 Å². The fourth-order valence-corrected chi connectivity index (χ4v) is 5.50. The lowest BCUT2D eigenvalue weighted by Crippen LogP contribution is -2.47. The zero-order valence-corrected chi connectivity index (χ0v) is 11.8. The van der Waals surface area contributed by atoms with Crippen molar-refractivity contribution in [2.24, 2.45) is 29.6 Å². The van der Waals surface area contributed by atoms with Crippen molar-refractivity contribution >= 4 is 5.97 Å². The largest absolute Gasteiger partial charge is 0.475 e. The third kappa shape index (κ3) is 1.79. The van der Waals surface area contributed by atoms with Gasteiger partial charge in [0.05, 0.1) is 6.04 Å². The summed E-state index contributed by atoms with van der Waals surface area (Å²) in [5.41, 5.74) is 0. The number of carbonyl (C=O) groups is 1. The van der Waals surface area contributed by atoms with E-state index in [1.807, 2.05) is 0 Å². The molecule has 1 unspecified atom stereocenters. The Labute approximate surface area is 118 Å². The van der Waals surface area contributed by atoms with Crippen LogP contribution in [0.2, 0.25) is 0 Å². The lowest BCUT2D eigenvalue weighted by molar-refractivity contribution is -0.0572. The second kappa shape index (κ2) is 4.30. The lowest BCUT2D eigenvalue weighted by Gasteiger charge is -2.56. The molecule has 5 nitrogen and oxygen atoms in total. The van der Waals surface area contributed by atoms with Crippen molar-refractivity contribution < 1.29 is 9.90 Å². The Bertz CT molecular complexity index is 511. The summed E-state index contributed by atoms with van der Waals surface area (Å²) in [6.07, 6.45) is 8.57. The highest BCUT2D eigenvalue weighted by molar-refractivity contribution is 5.82. The Morgan fingerprint density at radius 1 is 1.25 bits per heavy atom. The molecule has 1 N–H and O–H groups in total. The first-order chi connectivity index (χ1) is 9.61. The molecule has 5 rings (SSSR count). The SMILES string of the molecule is CC(C1C2CC3CC(C2)CC1C3)n1cnc(C(=O)O)n1. The molecular formula is C15H21N3O2. The molecule has 0 aliphatic heterocycles. The minimum absolute atomic E-state index is 0.0827. The van der Waals surface area contributed by atoms with Crippen LogP contribution in [0.5, 0.6) is 0 Å². The van der Waals surface area contributed by atoms with E-state index in [1.54, 1.807) is 11.0 Å². The van der Waals surface area contributed by atoms with Gasteiger partial charge in [-0.15, -0.1) is 5.10 Å². The lowest BCUT2D eigenvalue weighted by atomic mass is 9.50. The van der Waals surface area contributed by atoms with Crippen molar-refractivity contribution in [1.29, 1.82) is 0 Å². The highest BCUT2D eigenvalue weighted by atomic mass is 16.4. The van der Waals surface area contributed by atoms with Crippen LogP contribution in [0.25, 0.3) is 0 Å². The van der Waals surface area contributed by atoms with Crippen molar-refractivity contribution in [1.82, 2.24) is 14.8 Å². The maximum atomic E-state index is 10.9. The van der Waals surface area contributed by atoms with Gasteiger partial charge in [0, 0.05) is 0 Å². The summed E-state index contributed by atoms with van der Waals surface area (Å²) < 4.78 is 1.79. The predicted octanol–water partition coefficient (Wildman–Crippen LogP) is 2.61. The predicted molar refractivity (Wildman–Crippen MR) is 72.2 cm³/mol. The van der Waals surface area contributed by atoms with E-state index in [1.165, 1.54) is 32.1 Å². The molecule has 1 aromatic rings. The van der Waals surface area contributed by atoms with Crippen LogP contribution in [0, 0.1) is 29.6 Å². The van der Waals surface area contributed by atoms with E-state index < -0.39 is 5.97 Å². The van der Waals surface area contributed by atoms with Gasteiger partial charge < -0.3 is 5.11 Å². The maximum Gasteiger partial charge on any atom is 0.375 e. The maximum absolute atomic E-state index is 10.9. The first-order valence-corrected chi connectivity index (χ1v) is 7.76. The van der Waals surface area contributed by atoms with Gasteiger partial charge in [-0.25, -0.2) is 14.5 Å². The molecular weight excluding hydrogens is 254 g/mol. The number of hydrogen-bond donors (Lipinski definition) is 1. The van der Waals surface area contributed by atoms with E-state index in [2.05, 4.69) is 17.0 Å². The average molecular weight is 275 g/mol. The van der Waals surface area contributed by atoms with Gasteiger partial charge in [0.1, 0.15) is 6.33 Å². The summed E-state index contributed by atoms with van der Waals surface area (Å²) in [6.45, 7) is 2.19. The van der Waals surface area contributed by atoms with E-state index in [4.69, 9.17) is 5.11 Å². The van der Waals surface area contributed by atoms with Gasteiger partial charge in [0.2, 0.25) is 0 Å². The molecule has 0 amide bonds. The molecule has 4 bridgehead atoms. The number of aromatic nitrogens is 3. The van der Waals surface area contributed by atoms with Crippen LogP contribution < -0.4 is 0 Å². The minimum atomic E-state index is -1.04. The van der Waals surface area contributed by atoms with Crippen LogP contribution >= 0.6 is 0 Å². The van der Waals surface area contributed by atoms with E-state index in [0.29, 0.717) is 5.92 Å². The first kappa shape index (κ1) is 12.4. The fourth-order valence-electron chi connectivity index (χ4n) is 5.50. The van der Waals surface area contributed by atoms with E-state index in [-0.39, 0.29) is 11.9 Å². The van der Waals surface area contributed by atoms with Gasteiger partial charge in [-0.3, -0.25) is 0 Å². The summed E-state index contributed by atoms with van der Waals surface area (Å²) in [6, 6.07) is 0.269. The normalized spacial score (nSPS) is 40.0. The Kier molecular flexibility index (Phi) is 2.66. The van der Waals surface area contributed by atoms with Gasteiger partial charge in [0.15, 0.2) is 0 Å². The van der Waals surface area contributed by atoms with Crippen LogP contribution in [0.3, 0.4) is 0 Å². The smallest absolute Gasteiger partial charge is 0.375 e. The van der Waals surface area contributed by atoms with Crippen LogP contribution in [-0.2, 0) is 0 Å². The molecule has 4 aliphatic rings. The highest BCUT2D eigenvalue weighted by Gasteiger charge is 2.50. The first-order valence-electron chi connectivity index (χ1n) is 7.76. The summed E-state index contributed by atoms with van der Waals surface area (Å²) in [4.78, 5) is 14.8. The molecule has 1 heterocycles. The number of carboxylic acid groups (broad SMARTS) is 1. The second-order valence-corrected chi connectivity index (χ2v) is 7.10. The topological polar surface area (TPSA) is 68.0 Å². The van der Waals surface area contributed by atoms with Crippen LogP contribution in [0.15, 0.2) is 6.33 Å². The third-order valence-corrected chi connectivity index (χ3v) is 5.97. The van der Waals surface area contributed by atoms with E-state index in [0.717, 1.165) is 23.7 Å². The second-order valence-electron chi connectivity index (χ2n) is 7.10. The summed E-state index contributed by atoms with van der Waals surface area (Å²) in [5.74, 6) is 3.10. The zero-order chi connectivity index (χ0) is 13.9. The monoisotopic (exact) mass is 275 g/mol. The molecule has 4 fully saturated rings. The minimum Gasteiger partial charge on any atom is -0.475 e. The summed E-state index contributed by atoms with van der Waals surface area (Å²) in [7, 11) is 0. The van der Waals surface area contributed by atoms with Crippen molar-refractivity contribution in [3.8, 4) is 0 Å². The van der Waals surface area contributed by atoms with Gasteiger partial charge >= 0.3 is 5.97 Å². The highest BCUT2D eigenvalue weighted by Crippen LogP contribution is 2.58. The molecule has 1 atom stereocenters. The fraction of sp³-hybridized carbons (Fsp3) is 0.800. The molecule has 0 saturated heterocycles. The number of nitrogens with zero attached hydrogens (tertiary/aromatic N) is 3. The molecule has 108 valence electrons. The van der Waals surface area contributed by atoms with Crippen molar-refractivity contribution in [2.45, 2.75) is 45.1 Å². The van der Waals surface area contributed by atoms with Crippen molar-refractivity contribution in [3.63, 3.8) is 0 Å². The number of aromatic carboxylic acids is 1. The molecule has 1 aromatic heterocycles. The average Bonchev–Trinajstić information content (AvgIpc) is 2.86. The zero-order valence-electron chi connectivity index (χ0n) is 11.8. The van der Waals surface area contributed by atoms with Gasteiger partial charge in [-0.05, 0) is 68.6 Å². The Morgan fingerprint density at radius 2 is 1.85 bits per heavy atom. The molecule has 0 aromatic carbocycles. The standard InChI is InChI=1S/C15H21N3O2/c1-8(18-7-16-14(17-18)15(19)20)13-11-3-9-2-10(5-11)6-12(13)4-9/h7-13H,2-6H2,1H3,(H,19,20). The summed E-state index contributed by atoms with van der Waals surface area (Å²) in [5, 5.41) is 13.1. The molecule has 5 heteroatoms. The van der Waals surface area contributed by atoms with Crippen LogP contribution in [-0.4, -0.2) is 25.8 Å². The number of carboxylic acids is 1. The van der Waals surface area contributed by atoms with E-state index >= 15 is 0 Å². The summed E-state index contributed by atoms with van der Waals surface area (Å²) >= 11 is 0. The molecule has 0 spiro atoms. The Balaban J connectivity index is 1.58. The Morgan fingerprint density at radius 3 is 2.35 bits per heavy atom. The number of hydrogen-bond acceptors (Lipinski definition) is 3. The third-order valence-electron chi connectivity index (χ3n) is 5.97. The quantitative estimate of drug-likeness (QED) is 0.920. The van der Waals surface area contributed by atoms with E-state index in [9.17, 15) is 4.79 Å². The Hall–Kier alpha value is -1.39. The molecule has 4 saturated carbocycles. The van der Waals surface area contributed by atoms with Gasteiger partial charge in [-0.2, -0.15) is 0 Å². The number of rotatable bonds is 3. The van der Waals surface area contributed by atoms with Crippen LogP contribution in [0.1, 0.15) is 55.7 Å². The molecule has 20 heavy (non-hydrogen) atoms. The van der Waals surface area contributed by atoms with Crippen molar-refractivity contribution in [3.05, 3.63) is 12.2 Å².